The highest BCUT2D eigenvalue weighted by molar-refractivity contribution is 5.66. The lowest BCUT2D eigenvalue weighted by atomic mass is 10.1. The van der Waals surface area contributed by atoms with E-state index in [1.54, 1.807) is 24.1 Å². The van der Waals surface area contributed by atoms with E-state index >= 15 is 0 Å². The number of carboxylic acids is 1. The third-order valence-corrected chi connectivity index (χ3v) is 2.62. The molecule has 0 fully saturated rings. The van der Waals surface area contributed by atoms with Gasteiger partial charge in [0.25, 0.3) is 5.69 Å². The molecule has 1 aromatic rings. The summed E-state index contributed by atoms with van der Waals surface area (Å²) in [5.41, 5.74) is 0.342. The van der Waals surface area contributed by atoms with E-state index in [0.717, 1.165) is 0 Å². The van der Waals surface area contributed by atoms with Crippen LogP contribution in [-0.2, 0) is 4.79 Å². The molecule has 0 saturated heterocycles. The molecule has 0 aromatic heterocycles. The van der Waals surface area contributed by atoms with Crippen LogP contribution in [0.2, 0.25) is 0 Å². The first kappa shape index (κ1) is 14.4. The molecule has 0 spiro atoms. The number of benzene rings is 1. The fourth-order valence-corrected chi connectivity index (χ4v) is 1.60. The molecule has 0 unspecified atom stereocenters. The van der Waals surface area contributed by atoms with Gasteiger partial charge < -0.3 is 10.0 Å². The Balaban J connectivity index is 2.84. The Hall–Kier alpha value is -2.62. The van der Waals surface area contributed by atoms with Gasteiger partial charge in [-0.15, -0.1) is 0 Å². The highest BCUT2D eigenvalue weighted by Gasteiger charge is 2.15. The maximum atomic E-state index is 10.8. The van der Waals surface area contributed by atoms with E-state index in [0.29, 0.717) is 18.7 Å². The van der Waals surface area contributed by atoms with Crippen molar-refractivity contribution in [3.8, 4) is 6.07 Å². The number of nitro benzene ring substituents is 1. The normalized spacial score (nSPS) is 9.68. The molecule has 0 bridgehead atoms. The zero-order valence-electron chi connectivity index (χ0n) is 10.4. The smallest absolute Gasteiger partial charge is 0.303 e. The summed E-state index contributed by atoms with van der Waals surface area (Å²) in [5.74, 6) is -0.876. The highest BCUT2D eigenvalue weighted by atomic mass is 16.6. The maximum Gasteiger partial charge on any atom is 0.303 e. The van der Waals surface area contributed by atoms with Gasteiger partial charge in [-0.1, -0.05) is 0 Å². The zero-order valence-corrected chi connectivity index (χ0v) is 10.4. The lowest BCUT2D eigenvalue weighted by Crippen LogP contribution is -2.19. The van der Waals surface area contributed by atoms with E-state index in [9.17, 15) is 14.9 Å². The largest absolute Gasteiger partial charge is 0.481 e. The van der Waals surface area contributed by atoms with Crippen molar-refractivity contribution >= 4 is 17.3 Å². The molecule has 19 heavy (non-hydrogen) atoms. The molecule has 0 amide bonds. The first-order chi connectivity index (χ1) is 8.95. The number of hydrogen-bond acceptors (Lipinski definition) is 5. The van der Waals surface area contributed by atoms with Gasteiger partial charge in [0.05, 0.1) is 4.92 Å². The summed E-state index contributed by atoms with van der Waals surface area (Å²) in [5, 5.41) is 28.1. The summed E-state index contributed by atoms with van der Waals surface area (Å²) in [6, 6.07) is 6.08. The van der Waals surface area contributed by atoms with Crippen LogP contribution in [0.25, 0.3) is 0 Å². The van der Waals surface area contributed by atoms with E-state index in [1.165, 1.54) is 12.1 Å². The zero-order chi connectivity index (χ0) is 14.4. The molecule has 1 N–H and O–H groups in total. The molecule has 0 atom stereocenters. The fourth-order valence-electron chi connectivity index (χ4n) is 1.60. The van der Waals surface area contributed by atoms with E-state index in [-0.39, 0.29) is 17.7 Å². The van der Waals surface area contributed by atoms with Crippen LogP contribution in [0.3, 0.4) is 0 Å². The lowest BCUT2D eigenvalue weighted by molar-refractivity contribution is -0.385. The number of nitriles is 1. The summed E-state index contributed by atoms with van der Waals surface area (Å²) in [6.45, 7) is 0.468. The van der Waals surface area contributed by atoms with Gasteiger partial charge in [0, 0.05) is 31.8 Å². The van der Waals surface area contributed by atoms with Crippen LogP contribution in [-0.4, -0.2) is 29.6 Å². The number of carbonyl (C=O) groups is 1. The van der Waals surface area contributed by atoms with Gasteiger partial charge in [-0.3, -0.25) is 14.9 Å². The molecule has 0 radical (unpaired) electrons. The van der Waals surface area contributed by atoms with Crippen molar-refractivity contribution in [2.24, 2.45) is 0 Å². The summed E-state index contributed by atoms with van der Waals surface area (Å²) in [4.78, 5) is 22.3. The second-order valence-electron chi connectivity index (χ2n) is 3.99. The Bertz CT molecular complexity index is 536. The van der Waals surface area contributed by atoms with Gasteiger partial charge in [-0.2, -0.15) is 5.26 Å². The highest BCUT2D eigenvalue weighted by Crippen LogP contribution is 2.24. The van der Waals surface area contributed by atoms with Crippen LogP contribution in [0.4, 0.5) is 11.4 Å². The SMILES string of the molecule is CN(CCCC(=O)O)c1ccc(C#N)c([N+](=O)[O-])c1. The van der Waals surface area contributed by atoms with Crippen molar-refractivity contribution in [1.29, 1.82) is 5.26 Å². The van der Waals surface area contributed by atoms with Crippen molar-refractivity contribution in [1.82, 2.24) is 0 Å². The quantitative estimate of drug-likeness (QED) is 0.619. The van der Waals surface area contributed by atoms with E-state index in [2.05, 4.69) is 0 Å². The number of carboxylic acid groups (broad SMARTS) is 1. The topological polar surface area (TPSA) is 107 Å². The number of anilines is 1. The van der Waals surface area contributed by atoms with Crippen LogP contribution in [0.15, 0.2) is 18.2 Å². The molecule has 1 aromatic carbocycles. The van der Waals surface area contributed by atoms with E-state index in [1.807, 2.05) is 0 Å². The number of rotatable bonds is 6. The predicted molar refractivity (Wildman–Crippen MR) is 68.0 cm³/mol. The van der Waals surface area contributed by atoms with Crippen LogP contribution >= 0.6 is 0 Å². The average molecular weight is 263 g/mol. The average Bonchev–Trinajstić information content (AvgIpc) is 2.37. The fraction of sp³-hybridized carbons (Fsp3) is 0.333. The van der Waals surface area contributed by atoms with Crippen molar-refractivity contribution < 1.29 is 14.8 Å². The van der Waals surface area contributed by atoms with E-state index in [4.69, 9.17) is 10.4 Å². The third kappa shape index (κ3) is 3.96. The van der Waals surface area contributed by atoms with E-state index < -0.39 is 10.9 Å². The summed E-state index contributed by atoms with van der Waals surface area (Å²) in [7, 11) is 1.72. The molecule has 0 saturated carbocycles. The second-order valence-corrected chi connectivity index (χ2v) is 3.99. The lowest BCUT2D eigenvalue weighted by Gasteiger charge is -2.18. The van der Waals surface area contributed by atoms with Gasteiger partial charge >= 0.3 is 5.97 Å². The van der Waals surface area contributed by atoms with Crippen LogP contribution in [0.5, 0.6) is 0 Å². The molecular formula is C12H13N3O4. The Morgan fingerprint density at radius 3 is 2.79 bits per heavy atom. The number of hydrogen-bond donors (Lipinski definition) is 1. The Labute approximate surface area is 109 Å². The molecule has 7 nitrogen and oxygen atoms in total. The minimum Gasteiger partial charge on any atom is -0.481 e. The van der Waals surface area contributed by atoms with Crippen molar-refractivity contribution in [3.05, 3.63) is 33.9 Å². The molecule has 0 aliphatic heterocycles. The number of nitrogens with zero attached hydrogens (tertiary/aromatic N) is 3. The third-order valence-electron chi connectivity index (χ3n) is 2.62. The molecule has 0 heterocycles. The Kier molecular flexibility index (Phi) is 4.83. The standard InChI is InChI=1S/C12H13N3O4/c1-14(6-2-3-12(16)17)10-5-4-9(8-13)11(7-10)15(18)19/h4-5,7H,2-3,6H2,1H3,(H,16,17). The minimum absolute atomic E-state index is 0.00712. The molecule has 0 aliphatic rings. The van der Waals surface area contributed by atoms with Gasteiger partial charge in [0.1, 0.15) is 11.6 Å². The van der Waals surface area contributed by atoms with Crippen LogP contribution in [0.1, 0.15) is 18.4 Å². The first-order valence-corrected chi connectivity index (χ1v) is 5.57. The molecule has 100 valence electrons. The molecule has 0 aliphatic carbocycles. The van der Waals surface area contributed by atoms with Crippen molar-refractivity contribution in [2.45, 2.75) is 12.8 Å². The van der Waals surface area contributed by atoms with Crippen LogP contribution < -0.4 is 4.90 Å². The summed E-state index contributed by atoms with van der Waals surface area (Å²) >= 11 is 0. The second kappa shape index (κ2) is 6.35. The monoisotopic (exact) mass is 263 g/mol. The van der Waals surface area contributed by atoms with Crippen LogP contribution in [0, 0.1) is 21.4 Å². The predicted octanol–water partition coefficient (Wildman–Crippen LogP) is 1.77. The summed E-state index contributed by atoms with van der Waals surface area (Å²) in [6.07, 6.45) is 0.488. The Morgan fingerprint density at radius 1 is 1.58 bits per heavy atom. The van der Waals surface area contributed by atoms with Crippen molar-refractivity contribution in [3.63, 3.8) is 0 Å². The summed E-state index contributed by atoms with van der Waals surface area (Å²) < 4.78 is 0. The Morgan fingerprint density at radius 2 is 2.26 bits per heavy atom. The first-order valence-electron chi connectivity index (χ1n) is 5.57. The molecule has 7 heteroatoms. The van der Waals surface area contributed by atoms with Crippen molar-refractivity contribution in [2.75, 3.05) is 18.5 Å². The maximum absolute atomic E-state index is 10.8. The molecular weight excluding hydrogens is 250 g/mol. The number of nitro groups is 1. The van der Waals surface area contributed by atoms with Gasteiger partial charge in [0.2, 0.25) is 0 Å². The van der Waals surface area contributed by atoms with Gasteiger partial charge in [-0.05, 0) is 18.6 Å². The number of aliphatic carboxylic acids is 1. The van der Waals surface area contributed by atoms with Gasteiger partial charge in [-0.25, -0.2) is 0 Å². The molecule has 1 rings (SSSR count). The van der Waals surface area contributed by atoms with Gasteiger partial charge in [0.15, 0.2) is 0 Å². The minimum atomic E-state index is -0.876.